The van der Waals surface area contributed by atoms with Gasteiger partial charge in [-0.2, -0.15) is 0 Å². The van der Waals surface area contributed by atoms with Crippen LogP contribution in [0.25, 0.3) is 5.70 Å². The van der Waals surface area contributed by atoms with E-state index >= 15 is 0 Å². The van der Waals surface area contributed by atoms with E-state index < -0.39 is 11.9 Å². The first-order chi connectivity index (χ1) is 11.9. The minimum absolute atomic E-state index is 0.187. The molecule has 1 aliphatic heterocycles. The van der Waals surface area contributed by atoms with Crippen LogP contribution in [0.5, 0.6) is 0 Å². The van der Waals surface area contributed by atoms with E-state index in [0.29, 0.717) is 23.4 Å². The van der Waals surface area contributed by atoms with Crippen molar-refractivity contribution in [2.45, 2.75) is 26.9 Å². The monoisotopic (exact) mass is 347 g/mol. The maximum Gasteiger partial charge on any atom is 0.338 e. The molecule has 0 saturated carbocycles. The topological polar surface area (TPSA) is 82.1 Å². The maximum absolute atomic E-state index is 12.3. The summed E-state index contributed by atoms with van der Waals surface area (Å²) in [6.07, 6.45) is -0.187. The summed E-state index contributed by atoms with van der Waals surface area (Å²) in [6.45, 7) is 5.45. The summed E-state index contributed by atoms with van der Waals surface area (Å²) >= 11 is 0. The van der Waals surface area contributed by atoms with Crippen LogP contribution in [0.15, 0.2) is 30.0 Å². The Bertz CT molecular complexity index is 705. The van der Waals surface area contributed by atoms with Gasteiger partial charge in [-0.05, 0) is 32.9 Å². The van der Waals surface area contributed by atoms with Crippen LogP contribution >= 0.6 is 0 Å². The Balaban J connectivity index is 2.32. The number of methoxy groups -OCH3 is 1. The number of hydrogen-bond donors (Lipinski definition) is 0. The van der Waals surface area contributed by atoms with E-state index in [9.17, 15) is 14.4 Å². The van der Waals surface area contributed by atoms with Crippen LogP contribution in [0.2, 0.25) is 0 Å². The number of carbonyl (C=O) groups excluding carboxylic acids is 3. The van der Waals surface area contributed by atoms with Crippen LogP contribution in [-0.2, 0) is 23.8 Å². The van der Waals surface area contributed by atoms with Crippen molar-refractivity contribution in [1.82, 2.24) is 4.90 Å². The van der Waals surface area contributed by atoms with Gasteiger partial charge in [-0.25, -0.2) is 4.79 Å². The van der Waals surface area contributed by atoms with Crippen LogP contribution < -0.4 is 0 Å². The first-order valence-corrected chi connectivity index (χ1v) is 7.96. The van der Waals surface area contributed by atoms with E-state index in [1.807, 2.05) is 13.8 Å². The Morgan fingerprint density at radius 2 is 1.80 bits per heavy atom. The highest BCUT2D eigenvalue weighted by Crippen LogP contribution is 2.35. The highest BCUT2D eigenvalue weighted by Gasteiger charge is 2.40. The fourth-order valence-electron chi connectivity index (χ4n) is 2.35. The summed E-state index contributed by atoms with van der Waals surface area (Å²) in [4.78, 5) is 36.8. The summed E-state index contributed by atoms with van der Waals surface area (Å²) in [5.41, 5.74) is 1.56. The molecule has 2 rings (SSSR count). The van der Waals surface area contributed by atoms with Gasteiger partial charge in [0.1, 0.15) is 12.2 Å². The van der Waals surface area contributed by atoms with Gasteiger partial charge in [0, 0.05) is 5.56 Å². The van der Waals surface area contributed by atoms with Crippen LogP contribution in [0, 0.1) is 0 Å². The zero-order valence-electron chi connectivity index (χ0n) is 14.7. The summed E-state index contributed by atoms with van der Waals surface area (Å²) in [6, 6.07) is 6.57. The third kappa shape index (κ3) is 3.99. The van der Waals surface area contributed by atoms with Gasteiger partial charge >= 0.3 is 11.9 Å². The molecule has 1 amide bonds. The molecule has 134 valence electrons. The molecular weight excluding hydrogens is 326 g/mol. The SMILES string of the molecule is CCOC(=O)c1ccc(C2=C(OC(C)C)C(=O)N2CC(=O)OC)cc1. The Hall–Kier alpha value is -2.83. The molecule has 1 aromatic carbocycles. The fourth-order valence-corrected chi connectivity index (χ4v) is 2.35. The van der Waals surface area contributed by atoms with E-state index in [1.54, 1.807) is 31.2 Å². The maximum atomic E-state index is 12.3. The van der Waals surface area contributed by atoms with Gasteiger partial charge in [0.05, 0.1) is 25.4 Å². The smallest absolute Gasteiger partial charge is 0.338 e. The molecule has 0 aliphatic carbocycles. The molecular formula is C18H21NO6. The molecule has 0 spiro atoms. The third-order valence-electron chi connectivity index (χ3n) is 3.46. The first-order valence-electron chi connectivity index (χ1n) is 7.96. The molecule has 0 fully saturated rings. The molecule has 7 nitrogen and oxygen atoms in total. The van der Waals surface area contributed by atoms with Gasteiger partial charge in [-0.15, -0.1) is 0 Å². The second-order valence-corrected chi connectivity index (χ2v) is 5.61. The van der Waals surface area contributed by atoms with E-state index in [1.165, 1.54) is 12.0 Å². The van der Waals surface area contributed by atoms with Crippen LogP contribution in [0.1, 0.15) is 36.7 Å². The number of amides is 1. The molecule has 0 saturated heterocycles. The first kappa shape index (κ1) is 18.5. The van der Waals surface area contributed by atoms with Crippen molar-refractivity contribution >= 4 is 23.5 Å². The molecule has 1 heterocycles. The Labute approximate surface area is 146 Å². The zero-order chi connectivity index (χ0) is 18.6. The lowest BCUT2D eigenvalue weighted by Gasteiger charge is -2.35. The largest absolute Gasteiger partial charge is 0.484 e. The molecule has 0 atom stereocenters. The lowest BCUT2D eigenvalue weighted by Crippen LogP contribution is -2.45. The van der Waals surface area contributed by atoms with Crippen molar-refractivity contribution in [3.8, 4) is 0 Å². The lowest BCUT2D eigenvalue weighted by molar-refractivity contribution is -0.146. The zero-order valence-corrected chi connectivity index (χ0v) is 14.7. The number of ether oxygens (including phenoxy) is 3. The molecule has 0 aromatic heterocycles. The summed E-state index contributed by atoms with van der Waals surface area (Å²) < 4.78 is 15.1. The number of esters is 2. The number of hydrogen-bond acceptors (Lipinski definition) is 6. The fraction of sp³-hybridized carbons (Fsp3) is 0.389. The van der Waals surface area contributed by atoms with Gasteiger partial charge < -0.3 is 14.2 Å². The molecule has 0 radical (unpaired) electrons. The quantitative estimate of drug-likeness (QED) is 0.702. The number of benzene rings is 1. The molecule has 0 bridgehead atoms. The van der Waals surface area contributed by atoms with Gasteiger partial charge in [0.25, 0.3) is 5.91 Å². The number of carbonyl (C=O) groups is 3. The van der Waals surface area contributed by atoms with E-state index in [4.69, 9.17) is 9.47 Å². The minimum Gasteiger partial charge on any atom is -0.484 e. The normalized spacial score (nSPS) is 13.6. The standard InChI is InChI=1S/C18H21NO6/c1-5-24-18(22)13-8-6-12(7-9-13)15-16(25-11(2)3)17(21)19(15)10-14(20)23-4/h6-9,11H,5,10H2,1-4H3. The van der Waals surface area contributed by atoms with Crippen molar-refractivity contribution in [2.75, 3.05) is 20.3 Å². The van der Waals surface area contributed by atoms with Gasteiger partial charge in [0.15, 0.2) is 0 Å². The average molecular weight is 347 g/mol. The van der Waals surface area contributed by atoms with Crippen molar-refractivity contribution in [1.29, 1.82) is 0 Å². The van der Waals surface area contributed by atoms with Gasteiger partial charge in [-0.3, -0.25) is 14.5 Å². The van der Waals surface area contributed by atoms with Crippen molar-refractivity contribution in [3.63, 3.8) is 0 Å². The number of nitrogens with zero attached hydrogens (tertiary/aromatic N) is 1. The van der Waals surface area contributed by atoms with E-state index in [-0.39, 0.29) is 24.3 Å². The Kier molecular flexibility index (Phi) is 5.80. The predicted octanol–water partition coefficient (Wildman–Crippen LogP) is 1.97. The third-order valence-corrected chi connectivity index (χ3v) is 3.46. The summed E-state index contributed by atoms with van der Waals surface area (Å²) in [7, 11) is 1.26. The summed E-state index contributed by atoms with van der Waals surface area (Å²) in [5.74, 6) is -1.12. The van der Waals surface area contributed by atoms with Crippen LogP contribution in [0.4, 0.5) is 0 Å². The van der Waals surface area contributed by atoms with E-state index in [2.05, 4.69) is 4.74 Å². The molecule has 1 aliphatic rings. The second-order valence-electron chi connectivity index (χ2n) is 5.61. The van der Waals surface area contributed by atoms with Gasteiger partial charge in [-0.1, -0.05) is 12.1 Å². The predicted molar refractivity (Wildman–Crippen MR) is 89.3 cm³/mol. The summed E-state index contributed by atoms with van der Waals surface area (Å²) in [5, 5.41) is 0. The van der Waals surface area contributed by atoms with Crippen molar-refractivity contribution in [2.24, 2.45) is 0 Å². The van der Waals surface area contributed by atoms with Crippen molar-refractivity contribution in [3.05, 3.63) is 41.2 Å². The Morgan fingerprint density at radius 1 is 1.16 bits per heavy atom. The molecule has 7 heteroatoms. The van der Waals surface area contributed by atoms with E-state index in [0.717, 1.165) is 0 Å². The highest BCUT2D eigenvalue weighted by molar-refractivity contribution is 6.13. The van der Waals surface area contributed by atoms with Crippen LogP contribution in [0.3, 0.4) is 0 Å². The molecule has 1 aromatic rings. The highest BCUT2D eigenvalue weighted by atomic mass is 16.5. The van der Waals surface area contributed by atoms with Crippen molar-refractivity contribution < 1.29 is 28.6 Å². The molecule has 25 heavy (non-hydrogen) atoms. The Morgan fingerprint density at radius 3 is 2.32 bits per heavy atom. The van der Waals surface area contributed by atoms with Crippen LogP contribution in [-0.4, -0.2) is 49.1 Å². The lowest BCUT2D eigenvalue weighted by atomic mass is 10.0. The number of rotatable bonds is 7. The van der Waals surface area contributed by atoms with Gasteiger partial charge in [0.2, 0.25) is 5.76 Å². The minimum atomic E-state index is -0.530. The molecule has 0 unspecified atom stereocenters. The molecule has 0 N–H and O–H groups in total. The average Bonchev–Trinajstić information content (AvgIpc) is 2.60. The second kappa shape index (κ2) is 7.83.